The van der Waals surface area contributed by atoms with Crippen LogP contribution in [0.3, 0.4) is 0 Å². The van der Waals surface area contributed by atoms with Crippen molar-refractivity contribution in [2.45, 2.75) is 77.7 Å². The Labute approximate surface area is 123 Å². The molecule has 2 saturated heterocycles. The van der Waals surface area contributed by atoms with Crippen molar-refractivity contribution >= 4 is 5.91 Å². The number of morpholine rings is 1. The van der Waals surface area contributed by atoms with E-state index in [1.54, 1.807) is 0 Å². The van der Waals surface area contributed by atoms with Gasteiger partial charge in [0.1, 0.15) is 6.10 Å². The standard InChI is InChI=1S/C16H30N2O2/c1-12(2)18-11-16(20-13(3)14(18)19)7-9-17(10-8-16)15(4,5)6/h12-13H,7-11H2,1-6H3/t13-/m1/s1. The second kappa shape index (κ2) is 5.30. The number of hydrogen-bond donors (Lipinski definition) is 0. The Morgan fingerprint density at radius 1 is 1.25 bits per heavy atom. The van der Waals surface area contributed by atoms with Gasteiger partial charge in [-0.3, -0.25) is 9.69 Å². The number of likely N-dealkylation sites (tertiary alicyclic amines) is 1. The summed E-state index contributed by atoms with van der Waals surface area (Å²) in [6.07, 6.45) is 1.74. The summed E-state index contributed by atoms with van der Waals surface area (Å²) in [7, 11) is 0. The lowest BCUT2D eigenvalue weighted by Crippen LogP contribution is -2.63. The zero-order valence-corrected chi connectivity index (χ0v) is 13.9. The van der Waals surface area contributed by atoms with Gasteiger partial charge in [-0.1, -0.05) is 0 Å². The van der Waals surface area contributed by atoms with E-state index < -0.39 is 0 Å². The van der Waals surface area contributed by atoms with E-state index in [1.807, 2.05) is 11.8 Å². The van der Waals surface area contributed by atoms with Crippen LogP contribution in [0.25, 0.3) is 0 Å². The number of ether oxygens (including phenoxy) is 1. The van der Waals surface area contributed by atoms with Crippen molar-refractivity contribution in [3.8, 4) is 0 Å². The molecule has 4 nitrogen and oxygen atoms in total. The Bertz CT molecular complexity index is 365. The highest BCUT2D eigenvalue weighted by Gasteiger charge is 2.46. The molecule has 20 heavy (non-hydrogen) atoms. The van der Waals surface area contributed by atoms with Crippen molar-refractivity contribution in [1.29, 1.82) is 0 Å². The van der Waals surface area contributed by atoms with Crippen LogP contribution in [0.1, 0.15) is 54.4 Å². The maximum atomic E-state index is 12.2. The highest BCUT2D eigenvalue weighted by Crippen LogP contribution is 2.35. The summed E-state index contributed by atoms with van der Waals surface area (Å²) in [5, 5.41) is 0. The zero-order valence-electron chi connectivity index (χ0n) is 13.9. The van der Waals surface area contributed by atoms with Gasteiger partial charge in [0.15, 0.2) is 0 Å². The average molecular weight is 282 g/mol. The van der Waals surface area contributed by atoms with Crippen molar-refractivity contribution in [2.75, 3.05) is 19.6 Å². The Morgan fingerprint density at radius 2 is 1.80 bits per heavy atom. The smallest absolute Gasteiger partial charge is 0.251 e. The summed E-state index contributed by atoms with van der Waals surface area (Å²) >= 11 is 0. The fraction of sp³-hybridized carbons (Fsp3) is 0.938. The third-order valence-corrected chi connectivity index (χ3v) is 4.76. The number of rotatable bonds is 1. The number of nitrogens with zero attached hydrogens (tertiary/aromatic N) is 2. The first-order valence-electron chi connectivity index (χ1n) is 7.88. The fourth-order valence-corrected chi connectivity index (χ4v) is 3.38. The van der Waals surface area contributed by atoms with Crippen LogP contribution in [0, 0.1) is 0 Å². The Hall–Kier alpha value is -0.610. The van der Waals surface area contributed by atoms with Crippen molar-refractivity contribution in [3.63, 3.8) is 0 Å². The molecule has 0 unspecified atom stereocenters. The summed E-state index contributed by atoms with van der Waals surface area (Å²) in [5.74, 6) is 0.142. The van der Waals surface area contributed by atoms with Crippen LogP contribution in [0.5, 0.6) is 0 Å². The van der Waals surface area contributed by atoms with Crippen LogP contribution in [0.15, 0.2) is 0 Å². The molecular weight excluding hydrogens is 252 g/mol. The van der Waals surface area contributed by atoms with Gasteiger partial charge in [0, 0.05) is 24.7 Å². The van der Waals surface area contributed by atoms with E-state index in [-0.39, 0.29) is 29.2 Å². The Morgan fingerprint density at radius 3 is 2.25 bits per heavy atom. The van der Waals surface area contributed by atoms with E-state index in [1.165, 1.54) is 0 Å². The van der Waals surface area contributed by atoms with Gasteiger partial charge in [0.05, 0.1) is 12.1 Å². The van der Waals surface area contributed by atoms with Gasteiger partial charge in [0.25, 0.3) is 5.91 Å². The fourth-order valence-electron chi connectivity index (χ4n) is 3.38. The summed E-state index contributed by atoms with van der Waals surface area (Å²) in [6, 6.07) is 0.256. The lowest BCUT2D eigenvalue weighted by Gasteiger charge is -2.52. The summed E-state index contributed by atoms with van der Waals surface area (Å²) in [4.78, 5) is 16.7. The third kappa shape index (κ3) is 3.01. The van der Waals surface area contributed by atoms with Crippen LogP contribution in [0.4, 0.5) is 0 Å². The summed E-state index contributed by atoms with van der Waals surface area (Å²) < 4.78 is 6.15. The molecule has 0 radical (unpaired) electrons. The van der Waals surface area contributed by atoms with Crippen molar-refractivity contribution < 1.29 is 9.53 Å². The van der Waals surface area contributed by atoms with Gasteiger partial charge in [-0.25, -0.2) is 0 Å². The minimum absolute atomic E-state index is 0.126. The molecule has 0 aromatic heterocycles. The first-order valence-corrected chi connectivity index (χ1v) is 7.88. The van der Waals surface area contributed by atoms with E-state index in [4.69, 9.17) is 4.74 Å². The molecule has 116 valence electrons. The second-order valence-corrected chi connectivity index (χ2v) is 7.66. The molecule has 0 aromatic carbocycles. The minimum atomic E-state index is -0.299. The number of hydrogen-bond acceptors (Lipinski definition) is 3. The first kappa shape index (κ1) is 15.8. The van der Waals surface area contributed by atoms with Gasteiger partial charge in [0.2, 0.25) is 0 Å². The van der Waals surface area contributed by atoms with E-state index >= 15 is 0 Å². The molecule has 2 aliphatic heterocycles. The molecule has 1 spiro atoms. The van der Waals surface area contributed by atoms with Crippen LogP contribution in [-0.4, -0.2) is 58.6 Å². The summed E-state index contributed by atoms with van der Waals surface area (Å²) in [6.45, 7) is 15.7. The largest absolute Gasteiger partial charge is 0.360 e. The minimum Gasteiger partial charge on any atom is -0.360 e. The normalized spacial score (nSPS) is 28.4. The molecule has 2 aliphatic rings. The molecule has 0 saturated carbocycles. The number of piperidine rings is 1. The molecular formula is C16H30N2O2. The Kier molecular flexibility index (Phi) is 4.18. The third-order valence-electron chi connectivity index (χ3n) is 4.76. The predicted octanol–water partition coefficient (Wildman–Crippen LogP) is 2.28. The topological polar surface area (TPSA) is 32.8 Å². The monoisotopic (exact) mass is 282 g/mol. The number of carbonyl (C=O) groups excluding carboxylic acids is 1. The SMILES string of the molecule is CC(C)N1CC2(CCN(C(C)(C)C)CC2)O[C@H](C)C1=O. The maximum absolute atomic E-state index is 12.2. The molecule has 0 N–H and O–H groups in total. The van der Waals surface area contributed by atoms with Crippen molar-refractivity contribution in [3.05, 3.63) is 0 Å². The van der Waals surface area contributed by atoms with Gasteiger partial charge >= 0.3 is 0 Å². The molecule has 4 heteroatoms. The highest BCUT2D eigenvalue weighted by molar-refractivity contribution is 5.81. The van der Waals surface area contributed by atoms with Crippen molar-refractivity contribution in [1.82, 2.24) is 9.80 Å². The van der Waals surface area contributed by atoms with Gasteiger partial charge in [-0.05, 0) is 54.4 Å². The molecule has 0 aromatic rings. The molecule has 0 bridgehead atoms. The molecule has 2 heterocycles. The second-order valence-electron chi connectivity index (χ2n) is 7.66. The molecule has 1 atom stereocenters. The van der Waals surface area contributed by atoms with Gasteiger partial charge in [-0.15, -0.1) is 0 Å². The maximum Gasteiger partial charge on any atom is 0.251 e. The van der Waals surface area contributed by atoms with Gasteiger partial charge in [-0.2, -0.15) is 0 Å². The predicted molar refractivity (Wildman–Crippen MR) is 80.7 cm³/mol. The van der Waals surface area contributed by atoms with Crippen LogP contribution >= 0.6 is 0 Å². The molecule has 0 aliphatic carbocycles. The van der Waals surface area contributed by atoms with Crippen LogP contribution < -0.4 is 0 Å². The van der Waals surface area contributed by atoms with Crippen LogP contribution in [0.2, 0.25) is 0 Å². The zero-order chi connectivity index (χ0) is 15.1. The Balaban J connectivity index is 2.08. The summed E-state index contributed by atoms with van der Waals surface area (Å²) in [5.41, 5.74) is 0.0921. The molecule has 1 amide bonds. The van der Waals surface area contributed by atoms with E-state index in [9.17, 15) is 4.79 Å². The lowest BCUT2D eigenvalue weighted by molar-refractivity contribution is -0.194. The van der Waals surface area contributed by atoms with E-state index in [0.29, 0.717) is 0 Å². The van der Waals surface area contributed by atoms with Crippen LogP contribution in [-0.2, 0) is 9.53 Å². The van der Waals surface area contributed by atoms with Gasteiger partial charge < -0.3 is 9.64 Å². The average Bonchev–Trinajstić information content (AvgIpc) is 2.33. The van der Waals surface area contributed by atoms with E-state index in [0.717, 1.165) is 32.5 Å². The van der Waals surface area contributed by atoms with Crippen molar-refractivity contribution in [2.24, 2.45) is 0 Å². The number of amides is 1. The molecule has 2 rings (SSSR count). The molecule has 2 fully saturated rings. The lowest BCUT2D eigenvalue weighted by atomic mass is 9.86. The van der Waals surface area contributed by atoms with E-state index in [2.05, 4.69) is 39.5 Å². The quantitative estimate of drug-likeness (QED) is 0.739. The first-order chi connectivity index (χ1) is 9.15. The number of carbonyl (C=O) groups is 1. The highest BCUT2D eigenvalue weighted by atomic mass is 16.5.